The molecule has 0 aliphatic carbocycles. The van der Waals surface area contributed by atoms with Crippen LogP contribution < -0.4 is 0 Å². The highest BCUT2D eigenvalue weighted by molar-refractivity contribution is 5.48. The molecule has 0 N–H and O–H groups in total. The highest BCUT2D eigenvalue weighted by Crippen LogP contribution is 2.13. The first-order valence-corrected chi connectivity index (χ1v) is 11.5. The van der Waals surface area contributed by atoms with Crippen LogP contribution in [0.5, 0.6) is 0 Å². The van der Waals surface area contributed by atoms with E-state index >= 15 is 0 Å². The Hall–Kier alpha value is -0.590. The molecular formula is C24H46O. The van der Waals surface area contributed by atoms with E-state index in [0.717, 1.165) is 19.1 Å². The molecule has 25 heavy (non-hydrogen) atoms. The maximum Gasteiger partial charge on any atom is 0.119 e. The van der Waals surface area contributed by atoms with Crippen molar-refractivity contribution >= 4 is 6.29 Å². The van der Waals surface area contributed by atoms with Crippen molar-refractivity contribution in [3.63, 3.8) is 0 Å². The predicted molar refractivity (Wildman–Crippen MR) is 113 cm³/mol. The minimum absolute atomic E-state index is 0.759. The van der Waals surface area contributed by atoms with Gasteiger partial charge in [-0.25, -0.2) is 0 Å². The molecule has 1 nitrogen and oxygen atoms in total. The Balaban J connectivity index is 3.03. The Morgan fingerprint density at radius 1 is 0.440 bits per heavy atom. The zero-order valence-corrected chi connectivity index (χ0v) is 17.3. The van der Waals surface area contributed by atoms with Crippen molar-refractivity contribution in [2.45, 2.75) is 135 Å². The van der Waals surface area contributed by atoms with E-state index in [9.17, 15) is 4.79 Å². The molecule has 0 bridgehead atoms. The molecule has 0 aliphatic rings. The molecule has 0 rings (SSSR count). The third-order valence-electron chi connectivity index (χ3n) is 5.08. The molecule has 0 unspecified atom stereocenters. The standard InChI is InChI=1S/C24H46O/c1-2-3-4-5-6-7-8-9-10-11-12-13-14-15-16-17-18-19-20-21-22-23-24-25/h8-9,24H,2-7,10-23H2,1H3/b9-8+. The van der Waals surface area contributed by atoms with Gasteiger partial charge in [0.25, 0.3) is 0 Å². The summed E-state index contributed by atoms with van der Waals surface area (Å²) in [5.41, 5.74) is 0. The Morgan fingerprint density at radius 2 is 0.760 bits per heavy atom. The van der Waals surface area contributed by atoms with E-state index in [-0.39, 0.29) is 0 Å². The van der Waals surface area contributed by atoms with Gasteiger partial charge in [0.1, 0.15) is 6.29 Å². The molecule has 0 fully saturated rings. The molecule has 0 amide bonds. The maximum absolute atomic E-state index is 10.2. The van der Waals surface area contributed by atoms with Gasteiger partial charge in [-0.2, -0.15) is 0 Å². The number of unbranched alkanes of at least 4 members (excludes halogenated alkanes) is 18. The summed E-state index contributed by atoms with van der Waals surface area (Å²) in [7, 11) is 0. The first kappa shape index (κ1) is 24.4. The van der Waals surface area contributed by atoms with Crippen molar-refractivity contribution in [2.24, 2.45) is 0 Å². The lowest BCUT2D eigenvalue weighted by atomic mass is 10.0. The third kappa shape index (κ3) is 23.4. The average molecular weight is 351 g/mol. The van der Waals surface area contributed by atoms with E-state index in [1.807, 2.05) is 0 Å². The van der Waals surface area contributed by atoms with E-state index in [0.29, 0.717) is 0 Å². The fourth-order valence-electron chi connectivity index (χ4n) is 3.36. The number of aldehydes is 1. The number of rotatable bonds is 21. The molecule has 0 spiro atoms. The van der Waals surface area contributed by atoms with Gasteiger partial charge in [0.15, 0.2) is 0 Å². The van der Waals surface area contributed by atoms with Gasteiger partial charge in [-0.15, -0.1) is 0 Å². The van der Waals surface area contributed by atoms with E-state index in [1.165, 1.54) is 116 Å². The molecule has 0 saturated carbocycles. The Labute approximate surface area is 159 Å². The summed E-state index contributed by atoms with van der Waals surface area (Å²) in [4.78, 5) is 10.2. The Bertz CT molecular complexity index is 269. The second kappa shape index (κ2) is 23.4. The van der Waals surface area contributed by atoms with Crippen LogP contribution in [0.3, 0.4) is 0 Å². The lowest BCUT2D eigenvalue weighted by Gasteiger charge is -2.02. The minimum Gasteiger partial charge on any atom is -0.303 e. The number of hydrogen-bond acceptors (Lipinski definition) is 1. The topological polar surface area (TPSA) is 17.1 Å². The fourth-order valence-corrected chi connectivity index (χ4v) is 3.36. The van der Waals surface area contributed by atoms with Gasteiger partial charge in [-0.1, -0.05) is 109 Å². The van der Waals surface area contributed by atoms with Crippen LogP contribution in [0.4, 0.5) is 0 Å². The summed E-state index contributed by atoms with van der Waals surface area (Å²) in [6.07, 6.45) is 32.5. The third-order valence-corrected chi connectivity index (χ3v) is 5.08. The fraction of sp³-hybridized carbons (Fsp3) is 0.875. The highest BCUT2D eigenvalue weighted by atomic mass is 16.1. The molecule has 148 valence electrons. The van der Waals surface area contributed by atoms with Crippen LogP contribution in [0.2, 0.25) is 0 Å². The van der Waals surface area contributed by atoms with Gasteiger partial charge >= 0.3 is 0 Å². The minimum atomic E-state index is 0.759. The summed E-state index contributed by atoms with van der Waals surface area (Å²) in [5.74, 6) is 0. The van der Waals surface area contributed by atoms with Crippen LogP contribution in [-0.4, -0.2) is 6.29 Å². The molecule has 0 heterocycles. The lowest BCUT2D eigenvalue weighted by Crippen LogP contribution is -1.83. The summed E-state index contributed by atoms with van der Waals surface area (Å²) < 4.78 is 0. The smallest absolute Gasteiger partial charge is 0.119 e. The second-order valence-corrected chi connectivity index (χ2v) is 7.66. The zero-order valence-electron chi connectivity index (χ0n) is 17.3. The summed E-state index contributed by atoms with van der Waals surface area (Å²) >= 11 is 0. The van der Waals surface area contributed by atoms with Crippen LogP contribution in [0.1, 0.15) is 135 Å². The van der Waals surface area contributed by atoms with E-state index in [1.54, 1.807) is 0 Å². The number of carbonyl (C=O) groups excluding carboxylic acids is 1. The number of carbonyl (C=O) groups is 1. The molecule has 0 aromatic rings. The molecule has 0 atom stereocenters. The van der Waals surface area contributed by atoms with Crippen molar-refractivity contribution < 1.29 is 4.79 Å². The highest BCUT2D eigenvalue weighted by Gasteiger charge is 1.94. The van der Waals surface area contributed by atoms with Crippen LogP contribution in [-0.2, 0) is 4.79 Å². The van der Waals surface area contributed by atoms with Gasteiger partial charge in [0.05, 0.1) is 0 Å². The quantitative estimate of drug-likeness (QED) is 0.115. The second-order valence-electron chi connectivity index (χ2n) is 7.66. The predicted octanol–water partition coefficient (Wildman–Crippen LogP) is 8.56. The normalized spacial score (nSPS) is 11.4. The van der Waals surface area contributed by atoms with Crippen molar-refractivity contribution in [3.05, 3.63) is 12.2 Å². The SMILES string of the molecule is CCCCCCC/C=C/CCCCCCCCCCCCCCC=O. The molecule has 0 aromatic carbocycles. The zero-order chi connectivity index (χ0) is 18.3. The van der Waals surface area contributed by atoms with E-state index in [4.69, 9.17) is 0 Å². The first-order chi connectivity index (χ1) is 12.4. The van der Waals surface area contributed by atoms with Gasteiger partial charge < -0.3 is 4.79 Å². The van der Waals surface area contributed by atoms with Gasteiger partial charge in [0.2, 0.25) is 0 Å². The van der Waals surface area contributed by atoms with Crippen molar-refractivity contribution in [3.8, 4) is 0 Å². The van der Waals surface area contributed by atoms with Crippen LogP contribution >= 0.6 is 0 Å². The van der Waals surface area contributed by atoms with Crippen molar-refractivity contribution in [2.75, 3.05) is 0 Å². The monoisotopic (exact) mass is 350 g/mol. The van der Waals surface area contributed by atoms with Gasteiger partial charge in [0, 0.05) is 6.42 Å². The van der Waals surface area contributed by atoms with Crippen LogP contribution in [0, 0.1) is 0 Å². The molecule has 1 heteroatoms. The first-order valence-electron chi connectivity index (χ1n) is 11.5. The van der Waals surface area contributed by atoms with E-state index in [2.05, 4.69) is 19.1 Å². The summed E-state index contributed by atoms with van der Waals surface area (Å²) in [6, 6.07) is 0. The molecule has 0 aromatic heterocycles. The Morgan fingerprint density at radius 3 is 1.12 bits per heavy atom. The molecule has 0 aliphatic heterocycles. The number of allylic oxidation sites excluding steroid dienone is 2. The molecule has 0 saturated heterocycles. The number of hydrogen-bond donors (Lipinski definition) is 0. The van der Waals surface area contributed by atoms with Crippen molar-refractivity contribution in [1.29, 1.82) is 0 Å². The van der Waals surface area contributed by atoms with Crippen LogP contribution in [0.25, 0.3) is 0 Å². The van der Waals surface area contributed by atoms with Gasteiger partial charge in [-0.05, 0) is 32.1 Å². The summed E-state index contributed by atoms with van der Waals surface area (Å²) in [5, 5.41) is 0. The molecular weight excluding hydrogens is 304 g/mol. The largest absolute Gasteiger partial charge is 0.303 e. The van der Waals surface area contributed by atoms with E-state index < -0.39 is 0 Å². The average Bonchev–Trinajstić information content (AvgIpc) is 2.63. The van der Waals surface area contributed by atoms with Crippen LogP contribution in [0.15, 0.2) is 12.2 Å². The summed E-state index contributed by atoms with van der Waals surface area (Å²) in [6.45, 7) is 2.28. The maximum atomic E-state index is 10.2. The Kier molecular flexibility index (Phi) is 22.9. The molecule has 0 radical (unpaired) electrons. The van der Waals surface area contributed by atoms with Gasteiger partial charge in [-0.3, -0.25) is 0 Å². The van der Waals surface area contributed by atoms with Crippen molar-refractivity contribution in [1.82, 2.24) is 0 Å². The lowest BCUT2D eigenvalue weighted by molar-refractivity contribution is -0.107.